The fourth-order valence-electron chi connectivity index (χ4n) is 4.33. The predicted octanol–water partition coefficient (Wildman–Crippen LogP) is 7.52. The number of aryl methyl sites for hydroxylation is 1. The Balaban J connectivity index is 1.73. The molecule has 1 N–H and O–H groups in total. The standard InChI is InChI=1S/C33H42O6/c1-9-10-11-25-13-16-28(31(18-25)36-7)38-23(4)22(3)26-15-17-29(32(19-26)37-8)39-24(5)33(34)27-14-12-21(2)30(20-27)35-6/h10-20,22-24,33-34H,9H2,1-8H3. The predicted molar refractivity (Wildman–Crippen MR) is 157 cm³/mol. The van der Waals surface area contributed by atoms with E-state index in [9.17, 15) is 5.11 Å². The number of benzene rings is 3. The Kier molecular flexibility index (Phi) is 10.7. The molecule has 6 heteroatoms. The summed E-state index contributed by atoms with van der Waals surface area (Å²) in [7, 11) is 4.89. The highest BCUT2D eigenvalue weighted by atomic mass is 16.5. The molecule has 3 rings (SSSR count). The van der Waals surface area contributed by atoms with Crippen molar-refractivity contribution in [3.8, 4) is 28.7 Å². The van der Waals surface area contributed by atoms with E-state index in [1.165, 1.54) is 0 Å². The molecule has 210 valence electrons. The Morgan fingerprint density at radius 2 is 1.26 bits per heavy atom. The summed E-state index contributed by atoms with van der Waals surface area (Å²) in [6.07, 6.45) is 3.68. The van der Waals surface area contributed by atoms with Crippen molar-refractivity contribution in [1.29, 1.82) is 0 Å². The van der Waals surface area contributed by atoms with Crippen LogP contribution >= 0.6 is 0 Å². The van der Waals surface area contributed by atoms with Gasteiger partial charge < -0.3 is 28.8 Å². The molecule has 0 radical (unpaired) electrons. The summed E-state index contributed by atoms with van der Waals surface area (Å²) in [5.41, 5.74) is 3.85. The maximum atomic E-state index is 10.9. The van der Waals surface area contributed by atoms with Crippen LogP contribution in [0.3, 0.4) is 0 Å². The molecule has 0 saturated carbocycles. The average molecular weight is 535 g/mol. The average Bonchev–Trinajstić information content (AvgIpc) is 2.96. The molecular weight excluding hydrogens is 492 g/mol. The number of hydrogen-bond acceptors (Lipinski definition) is 6. The van der Waals surface area contributed by atoms with Crippen molar-refractivity contribution in [2.75, 3.05) is 21.3 Å². The molecular formula is C33H42O6. The van der Waals surface area contributed by atoms with E-state index in [-0.39, 0.29) is 12.0 Å². The van der Waals surface area contributed by atoms with Crippen molar-refractivity contribution < 1.29 is 28.8 Å². The second-order valence-corrected chi connectivity index (χ2v) is 9.74. The van der Waals surface area contributed by atoms with E-state index in [1.54, 1.807) is 21.3 Å². The first-order chi connectivity index (χ1) is 18.7. The van der Waals surface area contributed by atoms with Gasteiger partial charge in [-0.1, -0.05) is 50.3 Å². The molecule has 39 heavy (non-hydrogen) atoms. The first kappa shape index (κ1) is 29.9. The topological polar surface area (TPSA) is 66.4 Å². The quantitative estimate of drug-likeness (QED) is 0.245. The highest BCUT2D eigenvalue weighted by Gasteiger charge is 2.23. The number of aliphatic hydroxyl groups is 1. The lowest BCUT2D eigenvalue weighted by atomic mass is 9.95. The molecule has 0 spiro atoms. The van der Waals surface area contributed by atoms with Crippen LogP contribution in [0, 0.1) is 6.92 Å². The van der Waals surface area contributed by atoms with E-state index >= 15 is 0 Å². The second kappa shape index (κ2) is 13.9. The third-order valence-electron chi connectivity index (χ3n) is 7.00. The molecule has 0 bridgehead atoms. The fourth-order valence-corrected chi connectivity index (χ4v) is 4.33. The molecule has 0 heterocycles. The van der Waals surface area contributed by atoms with Crippen LogP contribution in [0.5, 0.6) is 28.7 Å². The van der Waals surface area contributed by atoms with E-state index in [1.807, 2.05) is 75.4 Å². The van der Waals surface area contributed by atoms with E-state index in [2.05, 4.69) is 26.0 Å². The number of methoxy groups -OCH3 is 3. The summed E-state index contributed by atoms with van der Waals surface area (Å²) in [4.78, 5) is 0. The van der Waals surface area contributed by atoms with Gasteiger partial charge in [0.2, 0.25) is 0 Å². The third-order valence-corrected chi connectivity index (χ3v) is 7.00. The van der Waals surface area contributed by atoms with Gasteiger partial charge in [0.15, 0.2) is 23.0 Å². The van der Waals surface area contributed by atoms with Crippen LogP contribution in [0.1, 0.15) is 68.4 Å². The lowest BCUT2D eigenvalue weighted by Crippen LogP contribution is -2.22. The number of ether oxygens (including phenoxy) is 5. The molecule has 0 aliphatic heterocycles. The van der Waals surface area contributed by atoms with Crippen LogP contribution in [0.25, 0.3) is 6.08 Å². The van der Waals surface area contributed by atoms with Crippen molar-refractivity contribution in [3.63, 3.8) is 0 Å². The lowest BCUT2D eigenvalue weighted by Gasteiger charge is -2.25. The zero-order valence-corrected chi connectivity index (χ0v) is 24.4. The summed E-state index contributed by atoms with van der Waals surface area (Å²) in [6.45, 7) is 10.1. The minimum absolute atomic E-state index is 0.0559. The van der Waals surface area contributed by atoms with Crippen molar-refractivity contribution in [2.24, 2.45) is 0 Å². The Hall–Kier alpha value is -3.64. The summed E-state index contributed by atoms with van der Waals surface area (Å²) >= 11 is 0. The molecule has 0 aliphatic rings. The van der Waals surface area contributed by atoms with Crippen LogP contribution in [0.2, 0.25) is 0 Å². The largest absolute Gasteiger partial charge is 0.496 e. The van der Waals surface area contributed by atoms with Gasteiger partial charge in [0.25, 0.3) is 0 Å². The maximum Gasteiger partial charge on any atom is 0.161 e. The van der Waals surface area contributed by atoms with E-state index in [0.717, 1.165) is 34.4 Å². The van der Waals surface area contributed by atoms with Crippen LogP contribution < -0.4 is 23.7 Å². The Morgan fingerprint density at radius 1 is 0.692 bits per heavy atom. The van der Waals surface area contributed by atoms with E-state index in [0.29, 0.717) is 23.0 Å². The Morgan fingerprint density at radius 3 is 1.90 bits per heavy atom. The van der Waals surface area contributed by atoms with Gasteiger partial charge in [-0.05, 0) is 79.8 Å². The zero-order chi connectivity index (χ0) is 28.5. The highest BCUT2D eigenvalue weighted by Crippen LogP contribution is 2.36. The smallest absolute Gasteiger partial charge is 0.161 e. The molecule has 0 aliphatic carbocycles. The maximum absolute atomic E-state index is 10.9. The van der Waals surface area contributed by atoms with Crippen LogP contribution in [0.4, 0.5) is 0 Å². The molecule has 6 nitrogen and oxygen atoms in total. The molecule has 3 aromatic carbocycles. The number of allylic oxidation sites excluding steroid dienone is 1. The van der Waals surface area contributed by atoms with Gasteiger partial charge in [-0.15, -0.1) is 0 Å². The third kappa shape index (κ3) is 7.48. The number of aliphatic hydroxyl groups excluding tert-OH is 1. The van der Waals surface area contributed by atoms with Crippen molar-refractivity contribution in [3.05, 3.63) is 82.9 Å². The van der Waals surface area contributed by atoms with Gasteiger partial charge in [-0.2, -0.15) is 0 Å². The summed E-state index contributed by atoms with van der Waals surface area (Å²) in [6, 6.07) is 17.5. The van der Waals surface area contributed by atoms with Gasteiger partial charge in [-0.25, -0.2) is 0 Å². The number of rotatable bonds is 13. The van der Waals surface area contributed by atoms with Gasteiger partial charge in [-0.3, -0.25) is 0 Å². The molecule has 0 fully saturated rings. The Bertz CT molecular complexity index is 1250. The minimum atomic E-state index is -0.838. The molecule has 0 saturated heterocycles. The van der Waals surface area contributed by atoms with Crippen molar-refractivity contribution in [1.82, 2.24) is 0 Å². The number of hydrogen-bond donors (Lipinski definition) is 1. The molecule has 0 aromatic heterocycles. The fraction of sp³-hybridized carbons (Fsp3) is 0.394. The van der Waals surface area contributed by atoms with Crippen LogP contribution in [-0.2, 0) is 0 Å². The first-order valence-electron chi connectivity index (χ1n) is 13.4. The monoisotopic (exact) mass is 534 g/mol. The molecule has 4 atom stereocenters. The van der Waals surface area contributed by atoms with E-state index < -0.39 is 12.2 Å². The Labute approximate surface area is 233 Å². The molecule has 0 amide bonds. The van der Waals surface area contributed by atoms with Gasteiger partial charge in [0.05, 0.1) is 21.3 Å². The van der Waals surface area contributed by atoms with Crippen molar-refractivity contribution in [2.45, 2.75) is 65.3 Å². The SMILES string of the molecule is CCC=Cc1ccc(OC(C)C(C)c2ccc(OC(C)C(O)c3ccc(C)c(OC)c3)c(OC)c2)c(OC)c1. The normalized spacial score (nSPS) is 14.4. The van der Waals surface area contributed by atoms with Crippen molar-refractivity contribution >= 4 is 6.08 Å². The van der Waals surface area contributed by atoms with Gasteiger partial charge >= 0.3 is 0 Å². The summed E-state index contributed by atoms with van der Waals surface area (Å²) in [5, 5.41) is 10.9. The molecule has 3 aromatic rings. The first-order valence-corrected chi connectivity index (χ1v) is 13.4. The second-order valence-electron chi connectivity index (χ2n) is 9.74. The van der Waals surface area contributed by atoms with Gasteiger partial charge in [0.1, 0.15) is 24.1 Å². The lowest BCUT2D eigenvalue weighted by molar-refractivity contribution is 0.0450. The summed E-state index contributed by atoms with van der Waals surface area (Å²) in [5.74, 6) is 3.34. The van der Waals surface area contributed by atoms with Gasteiger partial charge in [0, 0.05) is 5.92 Å². The van der Waals surface area contributed by atoms with Crippen LogP contribution in [-0.4, -0.2) is 38.6 Å². The van der Waals surface area contributed by atoms with E-state index in [4.69, 9.17) is 23.7 Å². The molecule has 4 unspecified atom stereocenters. The summed E-state index contributed by atoms with van der Waals surface area (Å²) < 4.78 is 29.1. The zero-order valence-electron chi connectivity index (χ0n) is 24.4. The highest BCUT2D eigenvalue weighted by molar-refractivity contribution is 5.56. The van der Waals surface area contributed by atoms with Crippen LogP contribution in [0.15, 0.2) is 60.7 Å². The minimum Gasteiger partial charge on any atom is -0.496 e.